The van der Waals surface area contributed by atoms with E-state index in [9.17, 15) is 19.5 Å². The van der Waals surface area contributed by atoms with Crippen molar-refractivity contribution in [2.45, 2.75) is 63.8 Å². The third-order valence-electron chi connectivity index (χ3n) is 9.23. The van der Waals surface area contributed by atoms with Crippen molar-refractivity contribution in [3.63, 3.8) is 0 Å². The zero-order valence-corrected chi connectivity index (χ0v) is 26.3. The van der Waals surface area contributed by atoms with Gasteiger partial charge in [-0.3, -0.25) is 19.7 Å². The number of carbonyl (C=O) groups excluding carboxylic acids is 3. The zero-order chi connectivity index (χ0) is 32.2. The zero-order valence-electron chi connectivity index (χ0n) is 26.3. The van der Waals surface area contributed by atoms with Crippen LogP contribution in [0, 0.1) is 30.5 Å². The molecule has 5 rings (SSSR count). The van der Waals surface area contributed by atoms with Gasteiger partial charge in [0.15, 0.2) is 11.9 Å². The van der Waals surface area contributed by atoms with Crippen molar-refractivity contribution in [3.8, 4) is 0 Å². The summed E-state index contributed by atoms with van der Waals surface area (Å²) >= 11 is 0. The molecule has 1 aliphatic heterocycles. The van der Waals surface area contributed by atoms with Crippen LogP contribution in [0.2, 0.25) is 0 Å². The predicted molar refractivity (Wildman–Crippen MR) is 161 cm³/mol. The normalized spacial score (nSPS) is 20.0. The summed E-state index contributed by atoms with van der Waals surface area (Å²) in [6.07, 6.45) is 2.72. The lowest BCUT2D eigenvalue weighted by molar-refractivity contribution is -0.139. The molecule has 13 nitrogen and oxygen atoms in total. The molecular formula is C31H44FN7O6. The smallest absolute Gasteiger partial charge is 0.246 e. The Hall–Kier alpha value is -3.46. The second-order valence-electron chi connectivity index (χ2n) is 12.7. The van der Waals surface area contributed by atoms with E-state index < -0.39 is 41.9 Å². The molecule has 2 aromatic rings. The second kappa shape index (κ2) is 14.3. The number of hydrogen-bond acceptors (Lipinski definition) is 10. The fourth-order valence-electron chi connectivity index (χ4n) is 6.28. The molecule has 45 heavy (non-hydrogen) atoms. The van der Waals surface area contributed by atoms with Crippen molar-refractivity contribution in [2.75, 3.05) is 52.3 Å². The van der Waals surface area contributed by atoms with Crippen LogP contribution in [0.1, 0.15) is 61.7 Å². The van der Waals surface area contributed by atoms with Crippen LogP contribution in [0.25, 0.3) is 0 Å². The molecule has 0 radical (unpaired) electrons. The quantitative estimate of drug-likeness (QED) is 0.226. The van der Waals surface area contributed by atoms with Crippen LogP contribution in [-0.2, 0) is 19.1 Å². The van der Waals surface area contributed by atoms with Gasteiger partial charge >= 0.3 is 0 Å². The van der Waals surface area contributed by atoms with E-state index >= 15 is 4.39 Å². The van der Waals surface area contributed by atoms with Crippen LogP contribution in [0.3, 0.4) is 0 Å². The number of piperazine rings is 1. The van der Waals surface area contributed by atoms with Gasteiger partial charge in [0.1, 0.15) is 24.2 Å². The summed E-state index contributed by atoms with van der Waals surface area (Å²) in [7, 11) is 3.38. The van der Waals surface area contributed by atoms with Gasteiger partial charge in [0, 0.05) is 39.2 Å². The number of rotatable bonds is 14. The minimum absolute atomic E-state index is 0.0146. The van der Waals surface area contributed by atoms with Gasteiger partial charge in [-0.05, 0) is 75.1 Å². The van der Waals surface area contributed by atoms with Gasteiger partial charge in [-0.1, -0.05) is 23.3 Å². The van der Waals surface area contributed by atoms with Gasteiger partial charge in [-0.2, -0.15) is 0 Å². The lowest BCUT2D eigenvalue weighted by Gasteiger charge is -2.36. The van der Waals surface area contributed by atoms with E-state index in [-0.39, 0.29) is 29.8 Å². The van der Waals surface area contributed by atoms with E-state index in [0.29, 0.717) is 49.3 Å². The Morgan fingerprint density at radius 1 is 1.09 bits per heavy atom. The molecule has 246 valence electrons. The molecule has 1 aromatic heterocycles. The molecule has 2 heterocycles. The lowest BCUT2D eigenvalue weighted by atomic mass is 9.88. The minimum Gasteiger partial charge on any atom is -0.375 e. The van der Waals surface area contributed by atoms with E-state index in [1.807, 2.05) is 7.05 Å². The van der Waals surface area contributed by atoms with Crippen LogP contribution in [0.5, 0.6) is 0 Å². The predicted octanol–water partition coefficient (Wildman–Crippen LogP) is 1.55. The van der Waals surface area contributed by atoms with Crippen LogP contribution < -0.4 is 16.0 Å². The first-order valence-corrected chi connectivity index (χ1v) is 15.7. The number of aryl methyl sites for hydroxylation is 1. The highest BCUT2D eigenvalue weighted by molar-refractivity contribution is 5.95. The summed E-state index contributed by atoms with van der Waals surface area (Å²) in [4.78, 5) is 43.6. The van der Waals surface area contributed by atoms with Crippen LogP contribution in [0.15, 0.2) is 22.8 Å². The van der Waals surface area contributed by atoms with Crippen LogP contribution in [-0.4, -0.2) is 102 Å². The van der Waals surface area contributed by atoms with E-state index in [0.717, 1.165) is 25.7 Å². The summed E-state index contributed by atoms with van der Waals surface area (Å²) in [5.74, 6) is -1.71. The number of nitrogens with one attached hydrogen (secondary N) is 3. The molecule has 0 bridgehead atoms. The number of nitrogens with zero attached hydrogens (tertiary/aromatic N) is 4. The number of anilines is 1. The maximum Gasteiger partial charge on any atom is 0.246 e. The van der Waals surface area contributed by atoms with E-state index in [4.69, 9.17) is 9.37 Å². The standard InChI is InChI=1S/C31H44FN7O6/c1-17(26(34-24(40)16-44-4)31(43)39-13-11-38(3)12-14-39)21-9-10-23(22(32)15-21)33-30(42)28(25(19-5-6-19)20-7-8-20)35-29(41)27-18(2)36-45-37-27/h9-10,15,17,19-20,25-26,28-29,35,41H,5-8,11-14,16H2,1-4H3,(H,33,42)(H,34,40)/t17-,26+,28-,29?/m0/s1. The molecule has 1 unspecified atom stereocenters. The fourth-order valence-corrected chi connectivity index (χ4v) is 6.28. The largest absolute Gasteiger partial charge is 0.375 e. The third-order valence-corrected chi connectivity index (χ3v) is 9.23. The van der Waals surface area contributed by atoms with Crippen molar-refractivity contribution in [1.29, 1.82) is 0 Å². The van der Waals surface area contributed by atoms with E-state index in [1.165, 1.54) is 19.2 Å². The number of aliphatic hydroxyl groups is 1. The summed E-state index contributed by atoms with van der Waals surface area (Å²) in [5, 5.41) is 26.9. The molecule has 14 heteroatoms. The minimum atomic E-state index is -1.29. The average Bonchev–Trinajstić information content (AvgIpc) is 3.96. The number of methoxy groups -OCH3 is 1. The van der Waals surface area contributed by atoms with Gasteiger partial charge in [0.05, 0.1) is 11.7 Å². The molecule has 3 amide bonds. The highest BCUT2D eigenvalue weighted by atomic mass is 19.1. The van der Waals surface area contributed by atoms with E-state index in [2.05, 4.69) is 31.2 Å². The summed E-state index contributed by atoms with van der Waals surface area (Å²) in [5.41, 5.74) is 1.07. The second-order valence-corrected chi connectivity index (χ2v) is 12.7. The molecule has 3 fully saturated rings. The SMILES string of the molecule is COCC(=O)N[C@@H](C(=O)N1CCN(C)CC1)[C@@H](C)c1ccc(NC(=O)[C@@H](NC(O)c2nonc2C)C(C2CC2)C2CC2)c(F)c1. The van der Waals surface area contributed by atoms with E-state index in [1.54, 1.807) is 24.8 Å². The van der Waals surface area contributed by atoms with Gasteiger partial charge in [0.25, 0.3) is 0 Å². The summed E-state index contributed by atoms with van der Waals surface area (Å²) < 4.78 is 25.3. The highest BCUT2D eigenvalue weighted by Crippen LogP contribution is 2.51. The van der Waals surface area contributed by atoms with Crippen molar-refractivity contribution >= 4 is 23.4 Å². The summed E-state index contributed by atoms with van der Waals surface area (Å²) in [6, 6.07) is 2.68. The molecule has 2 saturated carbocycles. The molecule has 3 aliphatic rings. The molecule has 0 spiro atoms. The number of hydrogen-bond donors (Lipinski definition) is 4. The number of aliphatic hydroxyl groups excluding tert-OH is 1. The van der Waals surface area contributed by atoms with Gasteiger partial charge in [-0.15, -0.1) is 0 Å². The maximum absolute atomic E-state index is 15.6. The number of amides is 3. The Balaban J connectivity index is 1.33. The average molecular weight is 630 g/mol. The van der Waals surface area contributed by atoms with Gasteiger partial charge < -0.3 is 30.3 Å². The number of likely N-dealkylation sites (N-methyl/N-ethyl adjacent to an activating group) is 1. The first kappa shape index (κ1) is 32.9. The van der Waals surface area contributed by atoms with Gasteiger partial charge in [0.2, 0.25) is 17.7 Å². The summed E-state index contributed by atoms with van der Waals surface area (Å²) in [6.45, 7) is 5.68. The molecule has 2 aliphatic carbocycles. The lowest BCUT2D eigenvalue weighted by Crippen LogP contribution is -2.56. The Morgan fingerprint density at radius 3 is 2.31 bits per heavy atom. The van der Waals surface area contributed by atoms with Crippen molar-refractivity contribution in [3.05, 3.63) is 41.0 Å². The first-order chi connectivity index (χ1) is 21.6. The Bertz CT molecular complexity index is 1350. The maximum atomic E-state index is 15.6. The van der Waals surface area contributed by atoms with Crippen molar-refractivity contribution < 1.29 is 33.2 Å². The Kier molecular flexibility index (Phi) is 10.5. The number of carbonyl (C=O) groups is 3. The third kappa shape index (κ3) is 8.04. The Morgan fingerprint density at radius 2 is 1.76 bits per heavy atom. The van der Waals surface area contributed by atoms with Crippen LogP contribution >= 0.6 is 0 Å². The number of aromatic nitrogens is 2. The number of ether oxygens (including phenoxy) is 1. The molecule has 1 aromatic carbocycles. The topological polar surface area (TPSA) is 162 Å². The van der Waals surface area contributed by atoms with Crippen molar-refractivity contribution in [1.82, 2.24) is 30.7 Å². The molecule has 4 atom stereocenters. The van der Waals surface area contributed by atoms with Gasteiger partial charge in [-0.25, -0.2) is 9.02 Å². The first-order valence-electron chi connectivity index (χ1n) is 15.7. The van der Waals surface area contributed by atoms with Crippen LogP contribution in [0.4, 0.5) is 10.1 Å². The molecular weight excluding hydrogens is 585 g/mol. The number of benzene rings is 1. The highest BCUT2D eigenvalue weighted by Gasteiger charge is 2.48. The van der Waals surface area contributed by atoms with Crippen molar-refractivity contribution in [2.24, 2.45) is 17.8 Å². The Labute approximate surface area is 262 Å². The fraction of sp³-hybridized carbons (Fsp3) is 0.645. The molecule has 1 saturated heterocycles. The monoisotopic (exact) mass is 629 g/mol. The number of halogens is 1. The molecule has 4 N–H and O–H groups in total.